The van der Waals surface area contributed by atoms with E-state index >= 15 is 0 Å². The molecular weight excluding hydrogens is 198 g/mol. The highest BCUT2D eigenvalue weighted by molar-refractivity contribution is 5.99. The lowest BCUT2D eigenvalue weighted by Gasteiger charge is -2.19. The molecule has 0 unspecified atom stereocenters. The number of carbonyl (C=O) groups is 1. The van der Waals surface area contributed by atoms with Crippen molar-refractivity contribution in [2.75, 3.05) is 6.54 Å². The van der Waals surface area contributed by atoms with Crippen LogP contribution in [0.3, 0.4) is 0 Å². The molecule has 2 aliphatic carbocycles. The lowest BCUT2D eigenvalue weighted by atomic mass is 9.91. The normalized spacial score (nSPS) is 21.3. The molecule has 16 heavy (non-hydrogen) atoms. The Morgan fingerprint density at radius 3 is 2.81 bits per heavy atom. The van der Waals surface area contributed by atoms with Gasteiger partial charge < -0.3 is 5.32 Å². The molecule has 0 radical (unpaired) electrons. The summed E-state index contributed by atoms with van der Waals surface area (Å²) in [6.45, 7) is 3.18. The number of Topliss-reactive ketones (excluding diaryl/α,β-unsaturated/α-hetero) is 1. The van der Waals surface area contributed by atoms with Crippen LogP contribution in [-0.4, -0.2) is 12.3 Å². The van der Waals surface area contributed by atoms with Gasteiger partial charge in [-0.3, -0.25) is 4.79 Å². The van der Waals surface area contributed by atoms with Crippen LogP contribution in [0.1, 0.15) is 51.9 Å². The Bertz CT molecular complexity index is 339. The van der Waals surface area contributed by atoms with E-state index in [4.69, 9.17) is 0 Å². The molecule has 0 fully saturated rings. The maximum atomic E-state index is 11.9. The molecule has 2 aliphatic rings. The third-order valence-corrected chi connectivity index (χ3v) is 3.43. The van der Waals surface area contributed by atoms with Gasteiger partial charge in [-0.25, -0.2) is 0 Å². The first-order chi connectivity index (χ1) is 7.81. The van der Waals surface area contributed by atoms with Crippen molar-refractivity contribution in [1.29, 1.82) is 0 Å². The van der Waals surface area contributed by atoms with Gasteiger partial charge in [-0.05, 0) is 44.6 Å². The first-order valence-corrected chi connectivity index (χ1v) is 6.51. The van der Waals surface area contributed by atoms with Gasteiger partial charge in [-0.15, -0.1) is 0 Å². The zero-order chi connectivity index (χ0) is 11.4. The highest BCUT2D eigenvalue weighted by Crippen LogP contribution is 2.30. The Morgan fingerprint density at radius 1 is 1.19 bits per heavy atom. The third-order valence-electron chi connectivity index (χ3n) is 3.43. The molecule has 0 saturated carbocycles. The lowest BCUT2D eigenvalue weighted by Crippen LogP contribution is -2.18. The molecule has 0 atom stereocenters. The second-order valence-electron chi connectivity index (χ2n) is 4.74. The van der Waals surface area contributed by atoms with Crippen molar-refractivity contribution in [2.45, 2.75) is 51.9 Å². The van der Waals surface area contributed by atoms with Gasteiger partial charge in [0, 0.05) is 24.2 Å². The minimum absolute atomic E-state index is 0.364. The van der Waals surface area contributed by atoms with Gasteiger partial charge >= 0.3 is 0 Å². The Balaban J connectivity index is 2.14. The fourth-order valence-electron chi connectivity index (χ4n) is 2.49. The average molecular weight is 219 g/mol. The minimum Gasteiger partial charge on any atom is -0.388 e. The molecule has 0 aromatic carbocycles. The largest absolute Gasteiger partial charge is 0.388 e. The summed E-state index contributed by atoms with van der Waals surface area (Å²) in [7, 11) is 0. The summed E-state index contributed by atoms with van der Waals surface area (Å²) in [6, 6.07) is 0. The quantitative estimate of drug-likeness (QED) is 0.790. The number of ketones is 1. The Morgan fingerprint density at radius 2 is 2.00 bits per heavy atom. The van der Waals surface area contributed by atoms with E-state index in [9.17, 15) is 4.79 Å². The zero-order valence-electron chi connectivity index (χ0n) is 10.1. The van der Waals surface area contributed by atoms with Gasteiger partial charge in [0.15, 0.2) is 5.78 Å². The summed E-state index contributed by atoms with van der Waals surface area (Å²) in [5.41, 5.74) is 3.70. The van der Waals surface area contributed by atoms with Crippen LogP contribution in [-0.2, 0) is 4.79 Å². The topological polar surface area (TPSA) is 29.1 Å². The first-order valence-electron chi connectivity index (χ1n) is 6.51. The van der Waals surface area contributed by atoms with Crippen LogP contribution in [0.15, 0.2) is 22.9 Å². The molecule has 0 aromatic heterocycles. The van der Waals surface area contributed by atoms with Crippen LogP contribution in [0.2, 0.25) is 0 Å². The van der Waals surface area contributed by atoms with E-state index in [0.29, 0.717) is 5.78 Å². The van der Waals surface area contributed by atoms with E-state index in [0.717, 1.165) is 50.6 Å². The van der Waals surface area contributed by atoms with Crippen LogP contribution in [0.4, 0.5) is 0 Å². The van der Waals surface area contributed by atoms with Crippen LogP contribution >= 0.6 is 0 Å². The maximum Gasteiger partial charge on any atom is 0.162 e. The molecule has 0 aromatic rings. The van der Waals surface area contributed by atoms with Gasteiger partial charge in [0.05, 0.1) is 0 Å². The number of nitrogens with one attached hydrogen (secondary N) is 1. The number of carbonyl (C=O) groups excluding carboxylic acids is 1. The predicted octanol–water partition coefficient (Wildman–Crippen LogP) is 3.10. The second-order valence-corrected chi connectivity index (χ2v) is 4.74. The van der Waals surface area contributed by atoms with Crippen molar-refractivity contribution < 1.29 is 4.79 Å². The van der Waals surface area contributed by atoms with Gasteiger partial charge in [0.25, 0.3) is 0 Å². The monoisotopic (exact) mass is 219 g/mol. The third kappa shape index (κ3) is 2.55. The molecule has 0 saturated heterocycles. The standard InChI is InChI=1S/C14H21NO/c1-2-9-15-12-8-7-11-5-3-4-6-14(16)13(11)10-12/h10,15H,2-9H2,1H3. The summed E-state index contributed by atoms with van der Waals surface area (Å²) in [5.74, 6) is 0.364. The molecule has 0 heterocycles. The van der Waals surface area contributed by atoms with Crippen LogP contribution in [0.5, 0.6) is 0 Å². The van der Waals surface area contributed by atoms with E-state index in [2.05, 4.69) is 18.3 Å². The van der Waals surface area contributed by atoms with E-state index in [1.54, 1.807) is 0 Å². The van der Waals surface area contributed by atoms with Crippen LogP contribution in [0, 0.1) is 0 Å². The fraction of sp³-hybridized carbons (Fsp3) is 0.643. The second kappa shape index (κ2) is 5.33. The number of rotatable bonds is 3. The maximum absolute atomic E-state index is 11.9. The van der Waals surface area contributed by atoms with E-state index in [-0.39, 0.29) is 0 Å². The summed E-state index contributed by atoms with van der Waals surface area (Å²) in [5, 5.41) is 3.42. The predicted molar refractivity (Wildman–Crippen MR) is 66.1 cm³/mol. The molecule has 2 nitrogen and oxygen atoms in total. The molecule has 1 N–H and O–H groups in total. The number of hydrogen-bond donors (Lipinski definition) is 1. The van der Waals surface area contributed by atoms with Gasteiger partial charge in [-0.2, -0.15) is 0 Å². The molecule has 0 aliphatic heterocycles. The van der Waals surface area contributed by atoms with Crippen LogP contribution < -0.4 is 5.32 Å². The van der Waals surface area contributed by atoms with Crippen molar-refractivity contribution >= 4 is 5.78 Å². The lowest BCUT2D eigenvalue weighted by molar-refractivity contribution is -0.115. The molecule has 0 bridgehead atoms. The van der Waals surface area contributed by atoms with Crippen molar-refractivity contribution in [2.24, 2.45) is 0 Å². The van der Waals surface area contributed by atoms with Crippen molar-refractivity contribution in [3.05, 3.63) is 22.9 Å². The first kappa shape index (κ1) is 11.4. The molecule has 0 spiro atoms. The molecular formula is C14H21NO. The van der Waals surface area contributed by atoms with E-state index in [1.165, 1.54) is 17.7 Å². The van der Waals surface area contributed by atoms with Gasteiger partial charge in [0.2, 0.25) is 0 Å². The van der Waals surface area contributed by atoms with Crippen molar-refractivity contribution in [1.82, 2.24) is 5.32 Å². The molecule has 2 rings (SSSR count). The smallest absolute Gasteiger partial charge is 0.162 e. The summed E-state index contributed by atoms with van der Waals surface area (Å²) in [6.07, 6.45) is 9.57. The number of hydrogen-bond acceptors (Lipinski definition) is 2. The van der Waals surface area contributed by atoms with Gasteiger partial charge in [0.1, 0.15) is 0 Å². The molecule has 0 amide bonds. The van der Waals surface area contributed by atoms with E-state index in [1.807, 2.05) is 0 Å². The van der Waals surface area contributed by atoms with Crippen LogP contribution in [0.25, 0.3) is 0 Å². The Labute approximate surface area is 97.8 Å². The van der Waals surface area contributed by atoms with Crippen molar-refractivity contribution in [3.8, 4) is 0 Å². The highest BCUT2D eigenvalue weighted by Gasteiger charge is 2.20. The molecule has 2 heteroatoms. The summed E-state index contributed by atoms with van der Waals surface area (Å²) in [4.78, 5) is 11.9. The Hall–Kier alpha value is -1.05. The summed E-state index contributed by atoms with van der Waals surface area (Å²) < 4.78 is 0. The van der Waals surface area contributed by atoms with Crippen molar-refractivity contribution in [3.63, 3.8) is 0 Å². The number of allylic oxidation sites excluding steroid dienone is 4. The zero-order valence-corrected chi connectivity index (χ0v) is 10.1. The Kier molecular flexibility index (Phi) is 3.81. The SMILES string of the molecule is CCCNC1=CC2=C(CCCCC2=O)CC1. The average Bonchev–Trinajstić information content (AvgIpc) is 2.49. The van der Waals surface area contributed by atoms with Gasteiger partial charge in [-0.1, -0.05) is 12.5 Å². The van der Waals surface area contributed by atoms with E-state index < -0.39 is 0 Å². The molecule has 88 valence electrons. The summed E-state index contributed by atoms with van der Waals surface area (Å²) >= 11 is 0. The highest BCUT2D eigenvalue weighted by atomic mass is 16.1. The minimum atomic E-state index is 0.364. The fourth-order valence-corrected chi connectivity index (χ4v) is 2.49.